The molecule has 2 aliphatic heterocycles. The highest BCUT2D eigenvalue weighted by molar-refractivity contribution is 7.80. The van der Waals surface area contributed by atoms with Crippen LogP contribution in [0.15, 0.2) is 59.6 Å². The maximum absolute atomic E-state index is 13.2. The molecule has 0 radical (unpaired) electrons. The van der Waals surface area contributed by atoms with Crippen LogP contribution in [0.4, 0.5) is 11.6 Å². The third-order valence-electron chi connectivity index (χ3n) is 6.44. The van der Waals surface area contributed by atoms with Crippen molar-refractivity contribution in [1.29, 1.82) is 0 Å². The number of anilines is 2. The average molecular weight is 562 g/mol. The first-order valence-corrected chi connectivity index (χ1v) is 13.3. The normalized spacial score (nSPS) is 16.8. The first-order valence-electron chi connectivity index (χ1n) is 12.9. The number of carbonyl (C=O) groups excluding carboxylic acids is 1. The van der Waals surface area contributed by atoms with E-state index in [0.29, 0.717) is 61.0 Å². The number of hydrogen-bond donors (Lipinski definition) is 2. The van der Waals surface area contributed by atoms with Crippen LogP contribution in [0.3, 0.4) is 0 Å². The summed E-state index contributed by atoms with van der Waals surface area (Å²) >= 11 is 5.58. The smallest absolute Gasteiger partial charge is 0.267 e. The van der Waals surface area contributed by atoms with E-state index in [4.69, 9.17) is 26.4 Å². The van der Waals surface area contributed by atoms with Crippen molar-refractivity contribution in [1.82, 2.24) is 19.8 Å². The van der Waals surface area contributed by atoms with Crippen molar-refractivity contribution in [2.24, 2.45) is 4.99 Å². The first-order chi connectivity index (χ1) is 19.4. The second-order valence-corrected chi connectivity index (χ2v) is 9.73. The molecule has 1 atom stereocenters. The Balaban J connectivity index is 1.29. The molecular weight excluding hydrogens is 530 g/mol. The van der Waals surface area contributed by atoms with Crippen LogP contribution in [-0.2, 0) is 4.79 Å². The summed E-state index contributed by atoms with van der Waals surface area (Å²) in [5.74, 6) is 2.67. The van der Waals surface area contributed by atoms with Crippen LogP contribution in [0.2, 0.25) is 0 Å². The molecular formula is C28H31N7O4S. The number of carbonyl (C=O) groups is 1. The van der Waals surface area contributed by atoms with Gasteiger partial charge in [-0.2, -0.15) is 4.99 Å². The number of nitrogens with one attached hydrogen (secondary N) is 2. The van der Waals surface area contributed by atoms with E-state index in [1.54, 1.807) is 18.1 Å². The minimum Gasteiger partial charge on any atom is -0.495 e. The number of guanidine groups is 1. The lowest BCUT2D eigenvalue weighted by molar-refractivity contribution is -0.142. The molecule has 12 heteroatoms. The van der Waals surface area contributed by atoms with Crippen LogP contribution in [0.25, 0.3) is 0 Å². The zero-order chi connectivity index (χ0) is 28.1. The number of methoxy groups -OCH3 is 1. The highest BCUT2D eigenvalue weighted by Gasteiger charge is 2.33. The number of thiocarbonyl (C=S) groups is 1. The number of nitrogens with zero attached hydrogens (tertiary/aromatic N) is 5. The molecule has 11 nitrogen and oxygen atoms in total. The van der Waals surface area contributed by atoms with E-state index in [2.05, 4.69) is 25.6 Å². The fraction of sp³-hybridized carbons (Fsp3) is 0.321. The fourth-order valence-corrected chi connectivity index (χ4v) is 4.73. The van der Waals surface area contributed by atoms with Gasteiger partial charge in [0.1, 0.15) is 12.4 Å². The quantitative estimate of drug-likeness (QED) is 0.280. The Morgan fingerprint density at radius 3 is 2.35 bits per heavy atom. The summed E-state index contributed by atoms with van der Waals surface area (Å²) in [5, 5.41) is 6.61. The number of aliphatic imine (C=N–C) groups is 1. The monoisotopic (exact) mass is 561 g/mol. The van der Waals surface area contributed by atoms with E-state index in [9.17, 15) is 4.79 Å². The number of rotatable bonds is 4. The maximum Gasteiger partial charge on any atom is 0.267 e. The highest BCUT2D eigenvalue weighted by atomic mass is 32.1. The molecule has 2 N–H and O–H groups in total. The van der Waals surface area contributed by atoms with Gasteiger partial charge in [0.2, 0.25) is 23.1 Å². The number of hydrogen-bond acceptors (Lipinski definition) is 7. The largest absolute Gasteiger partial charge is 0.495 e. The number of para-hydroxylation sites is 4. The van der Waals surface area contributed by atoms with Gasteiger partial charge in [-0.25, -0.2) is 9.97 Å². The molecule has 0 aliphatic carbocycles. The second kappa shape index (κ2) is 12.2. The van der Waals surface area contributed by atoms with Gasteiger partial charge >= 0.3 is 0 Å². The zero-order valence-electron chi connectivity index (χ0n) is 22.6. The third kappa shape index (κ3) is 6.40. The van der Waals surface area contributed by atoms with Crippen molar-refractivity contribution in [2.75, 3.05) is 50.5 Å². The Morgan fingerprint density at radius 2 is 1.62 bits per heavy atom. The second-order valence-electron chi connectivity index (χ2n) is 9.34. The summed E-state index contributed by atoms with van der Waals surface area (Å²) < 4.78 is 17.1. The minimum absolute atomic E-state index is 0.105. The first kappa shape index (κ1) is 27.1. The SMILES string of the molecule is COc1ccccc1NC(=S)/N=C(/Nc1nc(C)cc(C)n1)N1CCN(C(=O)C2COc3ccccc3O2)CC1. The predicted molar refractivity (Wildman–Crippen MR) is 156 cm³/mol. The molecule has 1 unspecified atom stereocenters. The topological polar surface area (TPSA) is 113 Å². The number of aromatic nitrogens is 2. The van der Waals surface area contributed by atoms with Crippen molar-refractivity contribution >= 4 is 40.8 Å². The maximum atomic E-state index is 13.2. The standard InChI is InChI=1S/C28H31N7O4S/c1-18-16-19(2)30-26(29-18)32-27(33-28(40)31-20-8-4-5-9-21(20)37-3)35-14-12-34(13-15-35)25(36)24-17-38-22-10-6-7-11-23(22)39-24/h4-11,16,24H,12-15,17H2,1-3H3,(H2,29,30,31,32,33,40). The van der Waals surface area contributed by atoms with Gasteiger partial charge in [0.15, 0.2) is 11.5 Å². The van der Waals surface area contributed by atoms with Crippen molar-refractivity contribution in [3.63, 3.8) is 0 Å². The molecule has 208 valence electrons. The van der Waals surface area contributed by atoms with Gasteiger partial charge in [0, 0.05) is 37.6 Å². The zero-order valence-corrected chi connectivity index (χ0v) is 23.4. The summed E-state index contributed by atoms with van der Waals surface area (Å²) in [6, 6.07) is 16.7. The fourth-order valence-electron chi connectivity index (χ4n) is 4.53. The third-order valence-corrected chi connectivity index (χ3v) is 6.63. The summed E-state index contributed by atoms with van der Waals surface area (Å²) in [6.45, 7) is 5.97. The van der Waals surface area contributed by atoms with Gasteiger partial charge in [0.25, 0.3) is 5.91 Å². The van der Waals surface area contributed by atoms with E-state index in [1.165, 1.54) is 0 Å². The summed E-state index contributed by atoms with van der Waals surface area (Å²) in [7, 11) is 1.60. The molecule has 1 aromatic heterocycles. The van der Waals surface area contributed by atoms with Crippen molar-refractivity contribution < 1.29 is 19.0 Å². The molecule has 5 rings (SSSR count). The van der Waals surface area contributed by atoms with Gasteiger partial charge < -0.3 is 29.3 Å². The van der Waals surface area contributed by atoms with Gasteiger partial charge in [-0.3, -0.25) is 10.1 Å². The Morgan fingerprint density at radius 1 is 0.975 bits per heavy atom. The number of amides is 1. The van der Waals surface area contributed by atoms with E-state index in [-0.39, 0.29) is 17.6 Å². The lowest BCUT2D eigenvalue weighted by atomic mass is 10.2. The molecule has 0 spiro atoms. The van der Waals surface area contributed by atoms with Gasteiger partial charge in [-0.15, -0.1) is 0 Å². The molecule has 0 saturated carbocycles. The Kier molecular flexibility index (Phi) is 8.25. The number of fused-ring (bicyclic) bond motifs is 1. The Labute approximate surface area is 238 Å². The minimum atomic E-state index is -0.686. The molecule has 2 aromatic carbocycles. The lowest BCUT2D eigenvalue weighted by Crippen LogP contribution is -2.56. The van der Waals surface area contributed by atoms with Crippen LogP contribution in [0.1, 0.15) is 11.4 Å². The van der Waals surface area contributed by atoms with E-state index in [0.717, 1.165) is 11.4 Å². The Hall–Kier alpha value is -4.45. The van der Waals surface area contributed by atoms with Crippen LogP contribution < -0.4 is 24.8 Å². The van der Waals surface area contributed by atoms with E-state index < -0.39 is 6.10 Å². The van der Waals surface area contributed by atoms with Gasteiger partial charge in [-0.1, -0.05) is 24.3 Å². The summed E-state index contributed by atoms with van der Waals surface area (Å²) in [5.41, 5.74) is 2.36. The lowest BCUT2D eigenvalue weighted by Gasteiger charge is -2.38. The van der Waals surface area contributed by atoms with Gasteiger partial charge in [-0.05, 0) is 56.4 Å². The molecule has 2 aliphatic rings. The summed E-state index contributed by atoms with van der Waals surface area (Å²) in [4.78, 5) is 30.7. The van der Waals surface area contributed by atoms with Crippen molar-refractivity contribution in [2.45, 2.75) is 20.0 Å². The van der Waals surface area contributed by atoms with Crippen LogP contribution in [-0.4, -0.2) is 82.7 Å². The molecule has 3 aromatic rings. The summed E-state index contributed by atoms with van der Waals surface area (Å²) in [6.07, 6.45) is -0.686. The van der Waals surface area contributed by atoms with Crippen LogP contribution in [0.5, 0.6) is 17.2 Å². The number of benzene rings is 2. The average Bonchev–Trinajstić information content (AvgIpc) is 2.96. The Bertz CT molecular complexity index is 1410. The van der Waals surface area contributed by atoms with E-state index in [1.807, 2.05) is 67.3 Å². The molecule has 1 amide bonds. The molecule has 3 heterocycles. The van der Waals surface area contributed by atoms with E-state index >= 15 is 0 Å². The number of aryl methyl sites for hydroxylation is 2. The molecule has 1 fully saturated rings. The molecule has 0 bridgehead atoms. The highest BCUT2D eigenvalue weighted by Crippen LogP contribution is 2.31. The predicted octanol–water partition coefficient (Wildman–Crippen LogP) is 3.25. The number of ether oxygens (including phenoxy) is 3. The van der Waals surface area contributed by atoms with Crippen molar-refractivity contribution in [3.05, 3.63) is 66.0 Å². The van der Waals surface area contributed by atoms with Crippen LogP contribution in [0, 0.1) is 13.8 Å². The number of piperazine rings is 1. The molecule has 1 saturated heterocycles. The van der Waals surface area contributed by atoms with Gasteiger partial charge in [0.05, 0.1) is 12.8 Å². The molecule has 40 heavy (non-hydrogen) atoms. The van der Waals surface area contributed by atoms with Crippen molar-refractivity contribution in [3.8, 4) is 17.2 Å². The van der Waals surface area contributed by atoms with Crippen LogP contribution >= 0.6 is 12.2 Å².